The van der Waals surface area contributed by atoms with Crippen LogP contribution in [-0.4, -0.2) is 14.5 Å². The molecule has 3 aromatic heterocycles. The van der Waals surface area contributed by atoms with Gasteiger partial charge in [0, 0.05) is 29.5 Å². The highest BCUT2D eigenvalue weighted by atomic mass is 15.0. The lowest BCUT2D eigenvalue weighted by Gasteiger charge is -2.10. The zero-order valence-corrected chi connectivity index (χ0v) is 12.0. The normalized spacial score (nSPS) is 10.8. The third-order valence-electron chi connectivity index (χ3n) is 3.45. The van der Waals surface area contributed by atoms with Crippen LogP contribution in [0, 0.1) is 20.8 Å². The third kappa shape index (κ3) is 2.23. The van der Waals surface area contributed by atoms with Crippen LogP contribution in [-0.2, 0) is 0 Å². The van der Waals surface area contributed by atoms with Gasteiger partial charge in [-0.25, -0.2) is 0 Å². The molecule has 3 heteroatoms. The van der Waals surface area contributed by atoms with Gasteiger partial charge in [0.05, 0.1) is 11.4 Å². The first-order chi connectivity index (χ1) is 9.65. The van der Waals surface area contributed by atoms with E-state index in [2.05, 4.69) is 52.6 Å². The molecule has 0 aliphatic carbocycles. The maximum atomic E-state index is 4.44. The molecule has 0 fully saturated rings. The first-order valence-electron chi connectivity index (χ1n) is 6.69. The number of aryl methyl sites for hydroxylation is 3. The van der Waals surface area contributed by atoms with Crippen LogP contribution in [0.3, 0.4) is 0 Å². The van der Waals surface area contributed by atoms with Crippen molar-refractivity contribution in [3.8, 4) is 17.1 Å². The summed E-state index contributed by atoms with van der Waals surface area (Å²) in [6.07, 6.45) is 3.71. The summed E-state index contributed by atoms with van der Waals surface area (Å²) in [5.41, 5.74) is 6.52. The van der Waals surface area contributed by atoms with E-state index >= 15 is 0 Å². The molecule has 20 heavy (non-hydrogen) atoms. The van der Waals surface area contributed by atoms with Crippen LogP contribution in [0.1, 0.15) is 17.0 Å². The second kappa shape index (κ2) is 4.93. The Hall–Kier alpha value is -2.42. The molecule has 0 aliphatic heterocycles. The zero-order chi connectivity index (χ0) is 14.1. The maximum absolute atomic E-state index is 4.44. The monoisotopic (exact) mass is 263 g/mol. The molecular weight excluding hydrogens is 246 g/mol. The van der Waals surface area contributed by atoms with Gasteiger partial charge in [0.1, 0.15) is 0 Å². The highest BCUT2D eigenvalue weighted by molar-refractivity contribution is 5.58. The van der Waals surface area contributed by atoms with E-state index < -0.39 is 0 Å². The number of aromatic nitrogens is 3. The van der Waals surface area contributed by atoms with E-state index in [9.17, 15) is 0 Å². The van der Waals surface area contributed by atoms with E-state index in [1.165, 1.54) is 11.4 Å². The van der Waals surface area contributed by atoms with Crippen molar-refractivity contribution in [2.45, 2.75) is 20.8 Å². The van der Waals surface area contributed by atoms with Crippen molar-refractivity contribution in [3.63, 3.8) is 0 Å². The second-order valence-corrected chi connectivity index (χ2v) is 5.07. The van der Waals surface area contributed by atoms with Crippen molar-refractivity contribution >= 4 is 0 Å². The minimum absolute atomic E-state index is 0.898. The second-order valence-electron chi connectivity index (χ2n) is 5.07. The highest BCUT2D eigenvalue weighted by Gasteiger charge is 2.07. The fourth-order valence-electron chi connectivity index (χ4n) is 2.39. The van der Waals surface area contributed by atoms with E-state index in [0.29, 0.717) is 0 Å². The van der Waals surface area contributed by atoms with Crippen molar-refractivity contribution in [2.24, 2.45) is 0 Å². The average molecular weight is 263 g/mol. The van der Waals surface area contributed by atoms with Crippen LogP contribution in [0.2, 0.25) is 0 Å². The fourth-order valence-corrected chi connectivity index (χ4v) is 2.39. The molecule has 0 amide bonds. The Morgan fingerprint density at radius 3 is 2.20 bits per heavy atom. The standard InChI is InChI=1S/C17H17N3/c1-12-4-7-16(19-11-12)17-10-15(8-9-18-17)20-13(2)5-6-14(20)3/h4-11H,1-3H3. The number of hydrogen-bond acceptors (Lipinski definition) is 2. The number of pyridine rings is 2. The Kier molecular flexibility index (Phi) is 3.11. The Morgan fingerprint density at radius 1 is 0.800 bits per heavy atom. The molecule has 3 rings (SSSR count). The average Bonchev–Trinajstić information content (AvgIpc) is 2.79. The number of nitrogens with zero attached hydrogens (tertiary/aromatic N) is 3. The highest BCUT2D eigenvalue weighted by Crippen LogP contribution is 2.21. The van der Waals surface area contributed by atoms with Gasteiger partial charge in [-0.3, -0.25) is 9.97 Å². The van der Waals surface area contributed by atoms with Gasteiger partial charge in [-0.15, -0.1) is 0 Å². The molecular formula is C17H17N3. The Labute approximate surface area is 118 Å². The molecule has 0 atom stereocenters. The molecule has 0 aromatic carbocycles. The summed E-state index contributed by atoms with van der Waals surface area (Å²) < 4.78 is 2.22. The Balaban J connectivity index is 2.08. The molecule has 0 saturated heterocycles. The predicted molar refractivity (Wildman–Crippen MR) is 81.0 cm³/mol. The van der Waals surface area contributed by atoms with Gasteiger partial charge in [0.15, 0.2) is 0 Å². The summed E-state index contributed by atoms with van der Waals surface area (Å²) in [5.74, 6) is 0. The van der Waals surface area contributed by atoms with Crippen molar-refractivity contribution in [1.82, 2.24) is 14.5 Å². The van der Waals surface area contributed by atoms with Gasteiger partial charge in [-0.1, -0.05) is 6.07 Å². The molecule has 0 unspecified atom stereocenters. The third-order valence-corrected chi connectivity index (χ3v) is 3.45. The van der Waals surface area contributed by atoms with E-state index in [1.807, 2.05) is 31.5 Å². The van der Waals surface area contributed by atoms with Gasteiger partial charge in [-0.05, 0) is 56.7 Å². The van der Waals surface area contributed by atoms with Crippen molar-refractivity contribution < 1.29 is 0 Å². The first-order valence-corrected chi connectivity index (χ1v) is 6.69. The molecule has 3 heterocycles. The number of rotatable bonds is 2. The predicted octanol–water partition coefficient (Wildman–Crippen LogP) is 3.86. The van der Waals surface area contributed by atoms with Crippen LogP contribution in [0.15, 0.2) is 48.8 Å². The summed E-state index contributed by atoms with van der Waals surface area (Å²) in [6.45, 7) is 6.25. The quantitative estimate of drug-likeness (QED) is 0.703. The minimum Gasteiger partial charge on any atom is -0.318 e. The molecule has 3 aromatic rings. The Morgan fingerprint density at radius 2 is 1.55 bits per heavy atom. The largest absolute Gasteiger partial charge is 0.318 e. The summed E-state index contributed by atoms with van der Waals surface area (Å²) in [4.78, 5) is 8.88. The molecule has 0 N–H and O–H groups in total. The van der Waals surface area contributed by atoms with Gasteiger partial charge < -0.3 is 4.57 Å². The van der Waals surface area contributed by atoms with Crippen LogP contribution >= 0.6 is 0 Å². The molecule has 100 valence electrons. The number of hydrogen-bond donors (Lipinski definition) is 0. The van der Waals surface area contributed by atoms with Crippen LogP contribution < -0.4 is 0 Å². The molecule has 0 radical (unpaired) electrons. The van der Waals surface area contributed by atoms with Crippen LogP contribution in [0.5, 0.6) is 0 Å². The van der Waals surface area contributed by atoms with Gasteiger partial charge in [-0.2, -0.15) is 0 Å². The van der Waals surface area contributed by atoms with Crippen molar-refractivity contribution in [1.29, 1.82) is 0 Å². The Bertz CT molecular complexity index is 720. The smallest absolute Gasteiger partial charge is 0.0906 e. The topological polar surface area (TPSA) is 30.7 Å². The van der Waals surface area contributed by atoms with E-state index in [0.717, 1.165) is 22.6 Å². The van der Waals surface area contributed by atoms with Crippen LogP contribution in [0.25, 0.3) is 17.1 Å². The summed E-state index contributed by atoms with van der Waals surface area (Å²) >= 11 is 0. The zero-order valence-electron chi connectivity index (χ0n) is 12.0. The van der Waals surface area contributed by atoms with Crippen molar-refractivity contribution in [2.75, 3.05) is 0 Å². The fraction of sp³-hybridized carbons (Fsp3) is 0.176. The molecule has 0 spiro atoms. The molecule has 0 saturated carbocycles. The minimum atomic E-state index is 0.898. The SMILES string of the molecule is Cc1ccc(-c2cc(-n3c(C)ccc3C)ccn2)nc1. The summed E-state index contributed by atoms with van der Waals surface area (Å²) in [6, 6.07) is 12.4. The van der Waals surface area contributed by atoms with Gasteiger partial charge in [0.2, 0.25) is 0 Å². The lowest BCUT2D eigenvalue weighted by molar-refractivity contribution is 0.961. The summed E-state index contributed by atoms with van der Waals surface area (Å²) in [7, 11) is 0. The maximum Gasteiger partial charge on any atom is 0.0906 e. The van der Waals surface area contributed by atoms with E-state index in [4.69, 9.17) is 0 Å². The first kappa shape index (κ1) is 12.6. The van der Waals surface area contributed by atoms with Gasteiger partial charge in [0.25, 0.3) is 0 Å². The van der Waals surface area contributed by atoms with Crippen molar-refractivity contribution in [3.05, 3.63) is 65.7 Å². The lowest BCUT2D eigenvalue weighted by Crippen LogP contribution is -1.99. The lowest BCUT2D eigenvalue weighted by atomic mass is 10.2. The molecule has 0 bridgehead atoms. The van der Waals surface area contributed by atoms with Gasteiger partial charge >= 0.3 is 0 Å². The van der Waals surface area contributed by atoms with E-state index in [-0.39, 0.29) is 0 Å². The molecule has 3 nitrogen and oxygen atoms in total. The van der Waals surface area contributed by atoms with E-state index in [1.54, 1.807) is 0 Å². The van der Waals surface area contributed by atoms with Crippen LogP contribution in [0.4, 0.5) is 0 Å². The summed E-state index contributed by atoms with van der Waals surface area (Å²) in [5, 5.41) is 0. The molecule has 0 aliphatic rings.